The van der Waals surface area contributed by atoms with Crippen LogP contribution in [0.4, 0.5) is 0 Å². The van der Waals surface area contributed by atoms with E-state index in [1.165, 1.54) is 0 Å². The van der Waals surface area contributed by atoms with E-state index in [9.17, 15) is 9.59 Å². The van der Waals surface area contributed by atoms with Crippen LogP contribution in [0, 0.1) is 0 Å². The van der Waals surface area contributed by atoms with Crippen molar-refractivity contribution >= 4 is 11.8 Å². The first-order chi connectivity index (χ1) is 11.1. The van der Waals surface area contributed by atoms with Gasteiger partial charge in [0.2, 0.25) is 11.8 Å². The van der Waals surface area contributed by atoms with Gasteiger partial charge in [-0.25, -0.2) is 0 Å². The average molecular weight is 318 g/mol. The molecule has 2 atom stereocenters. The van der Waals surface area contributed by atoms with Crippen LogP contribution in [0.3, 0.4) is 0 Å². The van der Waals surface area contributed by atoms with E-state index in [4.69, 9.17) is 0 Å². The molecule has 0 spiro atoms. The minimum absolute atomic E-state index is 0.0731. The van der Waals surface area contributed by atoms with E-state index in [0.717, 1.165) is 50.8 Å². The SMILES string of the molecule is CC(=O)N1CCCC[C@H]1CC(=O)N1CCC[C@H]1c1cnn(C)c1. The summed E-state index contributed by atoms with van der Waals surface area (Å²) in [4.78, 5) is 28.5. The van der Waals surface area contributed by atoms with Crippen LogP contribution >= 0.6 is 0 Å². The molecule has 0 aromatic carbocycles. The molecule has 2 amide bonds. The Kier molecular flexibility index (Phi) is 4.68. The number of piperidine rings is 1. The predicted octanol–water partition coefficient (Wildman–Crippen LogP) is 1.87. The van der Waals surface area contributed by atoms with Crippen LogP contribution in [0.1, 0.15) is 57.1 Å². The van der Waals surface area contributed by atoms with Gasteiger partial charge in [-0.2, -0.15) is 5.10 Å². The second kappa shape index (κ2) is 6.72. The minimum Gasteiger partial charge on any atom is -0.339 e. The molecule has 0 radical (unpaired) electrons. The average Bonchev–Trinajstić information content (AvgIpc) is 3.15. The van der Waals surface area contributed by atoms with E-state index in [1.54, 1.807) is 11.6 Å². The Labute approximate surface area is 137 Å². The first kappa shape index (κ1) is 16.0. The molecular formula is C17H26N4O2. The third kappa shape index (κ3) is 3.41. The van der Waals surface area contributed by atoms with Gasteiger partial charge < -0.3 is 9.80 Å². The maximum Gasteiger partial charge on any atom is 0.225 e. The fourth-order valence-corrected chi connectivity index (χ4v) is 3.97. The molecule has 0 bridgehead atoms. The van der Waals surface area contributed by atoms with Crippen molar-refractivity contribution in [3.05, 3.63) is 18.0 Å². The van der Waals surface area contributed by atoms with Crippen molar-refractivity contribution in [1.82, 2.24) is 19.6 Å². The van der Waals surface area contributed by atoms with E-state index in [1.807, 2.05) is 29.2 Å². The topological polar surface area (TPSA) is 58.4 Å². The van der Waals surface area contributed by atoms with Crippen molar-refractivity contribution in [2.45, 2.75) is 57.5 Å². The standard InChI is InChI=1S/C17H26N4O2/c1-13(22)20-8-4-3-6-15(20)10-17(23)21-9-5-7-16(21)14-11-18-19(2)12-14/h11-12,15-16H,3-10H2,1-2H3/t15-,16-/m0/s1. The number of hydrogen-bond donors (Lipinski definition) is 0. The first-order valence-electron chi connectivity index (χ1n) is 8.61. The molecule has 0 unspecified atom stereocenters. The summed E-state index contributed by atoms with van der Waals surface area (Å²) in [7, 11) is 1.90. The van der Waals surface area contributed by atoms with E-state index in [2.05, 4.69) is 5.10 Å². The van der Waals surface area contributed by atoms with E-state index in [0.29, 0.717) is 6.42 Å². The third-order valence-corrected chi connectivity index (χ3v) is 5.12. The number of aryl methyl sites for hydroxylation is 1. The molecule has 126 valence electrons. The van der Waals surface area contributed by atoms with Crippen molar-refractivity contribution in [2.75, 3.05) is 13.1 Å². The van der Waals surface area contributed by atoms with Gasteiger partial charge in [-0.15, -0.1) is 0 Å². The maximum atomic E-state index is 12.8. The number of carbonyl (C=O) groups is 2. The fourth-order valence-electron chi connectivity index (χ4n) is 3.97. The number of likely N-dealkylation sites (tertiary alicyclic amines) is 2. The summed E-state index contributed by atoms with van der Waals surface area (Å²) in [6.45, 7) is 3.21. The van der Waals surface area contributed by atoms with E-state index >= 15 is 0 Å². The van der Waals surface area contributed by atoms with Crippen LogP contribution in [-0.4, -0.2) is 50.5 Å². The number of rotatable bonds is 3. The number of aromatic nitrogens is 2. The molecule has 2 aliphatic rings. The highest BCUT2D eigenvalue weighted by Gasteiger charge is 2.34. The van der Waals surface area contributed by atoms with Crippen LogP contribution in [0.2, 0.25) is 0 Å². The lowest BCUT2D eigenvalue weighted by Crippen LogP contribution is -2.45. The monoisotopic (exact) mass is 318 g/mol. The lowest BCUT2D eigenvalue weighted by Gasteiger charge is -2.36. The second-order valence-electron chi connectivity index (χ2n) is 6.76. The molecule has 2 saturated heterocycles. The lowest BCUT2D eigenvalue weighted by atomic mass is 9.98. The van der Waals surface area contributed by atoms with Gasteiger partial charge in [0, 0.05) is 51.3 Å². The van der Waals surface area contributed by atoms with Crippen LogP contribution in [0.15, 0.2) is 12.4 Å². The third-order valence-electron chi connectivity index (χ3n) is 5.12. The number of nitrogens with zero attached hydrogens (tertiary/aromatic N) is 4. The highest BCUT2D eigenvalue weighted by Crippen LogP contribution is 2.33. The smallest absolute Gasteiger partial charge is 0.225 e. The van der Waals surface area contributed by atoms with E-state index < -0.39 is 0 Å². The van der Waals surface area contributed by atoms with Crippen molar-refractivity contribution < 1.29 is 9.59 Å². The Morgan fingerprint density at radius 3 is 2.65 bits per heavy atom. The molecule has 23 heavy (non-hydrogen) atoms. The first-order valence-corrected chi connectivity index (χ1v) is 8.61. The van der Waals surface area contributed by atoms with Gasteiger partial charge >= 0.3 is 0 Å². The largest absolute Gasteiger partial charge is 0.339 e. The number of carbonyl (C=O) groups excluding carboxylic acids is 2. The summed E-state index contributed by atoms with van der Waals surface area (Å²) < 4.78 is 1.79. The summed E-state index contributed by atoms with van der Waals surface area (Å²) in [5.74, 6) is 0.266. The second-order valence-corrected chi connectivity index (χ2v) is 6.76. The normalized spacial score (nSPS) is 25.0. The molecule has 1 aromatic rings. The van der Waals surface area contributed by atoms with Gasteiger partial charge in [0.1, 0.15) is 0 Å². The van der Waals surface area contributed by atoms with Crippen LogP contribution in [0.25, 0.3) is 0 Å². The van der Waals surface area contributed by atoms with Gasteiger partial charge in [0.25, 0.3) is 0 Å². The van der Waals surface area contributed by atoms with Crippen LogP contribution < -0.4 is 0 Å². The molecule has 1 aromatic heterocycles. The van der Waals surface area contributed by atoms with Gasteiger partial charge in [-0.1, -0.05) is 0 Å². The molecule has 3 rings (SSSR count). The zero-order chi connectivity index (χ0) is 16.4. The zero-order valence-corrected chi connectivity index (χ0v) is 14.1. The molecule has 6 heteroatoms. The Hall–Kier alpha value is -1.85. The van der Waals surface area contributed by atoms with Crippen molar-refractivity contribution in [2.24, 2.45) is 7.05 Å². The molecule has 3 heterocycles. The van der Waals surface area contributed by atoms with Gasteiger partial charge in [-0.3, -0.25) is 14.3 Å². The van der Waals surface area contributed by atoms with Crippen molar-refractivity contribution in [3.8, 4) is 0 Å². The molecule has 0 saturated carbocycles. The summed E-state index contributed by atoms with van der Waals surface area (Å²) in [5, 5.41) is 4.23. The molecular weight excluding hydrogens is 292 g/mol. The molecule has 0 N–H and O–H groups in total. The number of hydrogen-bond acceptors (Lipinski definition) is 3. The molecule has 2 fully saturated rings. The van der Waals surface area contributed by atoms with Crippen molar-refractivity contribution in [1.29, 1.82) is 0 Å². The summed E-state index contributed by atoms with van der Waals surface area (Å²) in [5.41, 5.74) is 1.12. The summed E-state index contributed by atoms with van der Waals surface area (Å²) in [6, 6.07) is 0.217. The van der Waals surface area contributed by atoms with Crippen LogP contribution in [0.5, 0.6) is 0 Å². The Bertz CT molecular complexity index is 583. The molecule has 2 aliphatic heterocycles. The van der Waals surface area contributed by atoms with Crippen LogP contribution in [-0.2, 0) is 16.6 Å². The fraction of sp³-hybridized carbons (Fsp3) is 0.706. The molecule has 6 nitrogen and oxygen atoms in total. The predicted molar refractivity (Wildman–Crippen MR) is 86.5 cm³/mol. The van der Waals surface area contributed by atoms with Gasteiger partial charge in [-0.05, 0) is 32.1 Å². The lowest BCUT2D eigenvalue weighted by molar-refractivity contribution is -0.137. The Morgan fingerprint density at radius 2 is 1.96 bits per heavy atom. The van der Waals surface area contributed by atoms with Gasteiger partial charge in [0.15, 0.2) is 0 Å². The van der Waals surface area contributed by atoms with Crippen molar-refractivity contribution in [3.63, 3.8) is 0 Å². The quantitative estimate of drug-likeness (QED) is 0.855. The minimum atomic E-state index is 0.0731. The maximum absolute atomic E-state index is 12.8. The highest BCUT2D eigenvalue weighted by atomic mass is 16.2. The Morgan fingerprint density at radius 1 is 1.17 bits per heavy atom. The zero-order valence-electron chi connectivity index (χ0n) is 14.1. The summed E-state index contributed by atoms with van der Waals surface area (Å²) in [6.07, 6.45) is 9.44. The summed E-state index contributed by atoms with van der Waals surface area (Å²) >= 11 is 0. The number of amides is 2. The Balaban J connectivity index is 1.68. The molecule has 0 aliphatic carbocycles. The highest BCUT2D eigenvalue weighted by molar-refractivity contribution is 5.79. The van der Waals surface area contributed by atoms with E-state index in [-0.39, 0.29) is 23.9 Å². The van der Waals surface area contributed by atoms with Gasteiger partial charge in [0.05, 0.1) is 12.2 Å².